The maximum Gasteiger partial charge on any atom is 0.252 e. The fraction of sp³-hybridized carbons (Fsp3) is 0.417. The van der Waals surface area contributed by atoms with Crippen LogP contribution < -0.4 is 0 Å². The van der Waals surface area contributed by atoms with Crippen LogP contribution in [-0.4, -0.2) is 29.6 Å². The maximum atomic E-state index is 11.9. The summed E-state index contributed by atoms with van der Waals surface area (Å²) in [6.45, 7) is 1.41. The van der Waals surface area contributed by atoms with Crippen LogP contribution in [0.5, 0.6) is 0 Å². The number of piperidine rings is 1. The Morgan fingerprint density at radius 1 is 1.44 bits per heavy atom. The number of carbonyl (C=O) groups is 1. The average Bonchev–Trinajstić information content (AvgIpc) is 2.22. The molecule has 1 aromatic rings. The summed E-state index contributed by atoms with van der Waals surface area (Å²) >= 11 is 3.50. The molecule has 0 saturated carbocycles. The molecule has 4 heteroatoms. The summed E-state index contributed by atoms with van der Waals surface area (Å²) in [6.07, 6.45) is 1.01. The van der Waals surface area contributed by atoms with Gasteiger partial charge in [-0.15, -0.1) is 0 Å². The van der Waals surface area contributed by atoms with Gasteiger partial charge in [0.2, 0.25) is 0 Å². The molecule has 2 bridgehead atoms. The van der Waals surface area contributed by atoms with Gasteiger partial charge in [-0.05, 0) is 11.6 Å². The predicted molar refractivity (Wildman–Crippen MR) is 62.8 cm³/mol. The van der Waals surface area contributed by atoms with Gasteiger partial charge in [-0.25, -0.2) is 0 Å². The molecule has 2 atom stereocenters. The topological polar surface area (TPSA) is 29.5 Å². The van der Waals surface area contributed by atoms with Gasteiger partial charge in [-0.3, -0.25) is 4.79 Å². The number of ether oxygens (including phenoxy) is 1. The second kappa shape index (κ2) is 3.86. The maximum absolute atomic E-state index is 11.9. The van der Waals surface area contributed by atoms with Crippen LogP contribution in [0.15, 0.2) is 28.7 Å². The number of benzene rings is 1. The molecule has 3 aliphatic rings. The van der Waals surface area contributed by atoms with E-state index in [1.165, 1.54) is 0 Å². The minimum absolute atomic E-state index is 0.137. The highest BCUT2D eigenvalue weighted by atomic mass is 79.9. The van der Waals surface area contributed by atoms with Gasteiger partial charge < -0.3 is 9.64 Å². The van der Waals surface area contributed by atoms with Crippen LogP contribution in [0.1, 0.15) is 12.0 Å². The Morgan fingerprint density at radius 3 is 2.88 bits per heavy atom. The molecule has 0 radical (unpaired) electrons. The van der Waals surface area contributed by atoms with Crippen molar-refractivity contribution in [1.82, 2.24) is 4.90 Å². The highest BCUT2D eigenvalue weighted by molar-refractivity contribution is 9.10. The van der Waals surface area contributed by atoms with Gasteiger partial charge >= 0.3 is 0 Å². The summed E-state index contributed by atoms with van der Waals surface area (Å²) in [7, 11) is 0. The molecule has 1 aromatic carbocycles. The third-order valence-electron chi connectivity index (χ3n) is 3.16. The van der Waals surface area contributed by atoms with E-state index in [1.54, 1.807) is 0 Å². The number of rotatable bonds is 2. The smallest absolute Gasteiger partial charge is 0.252 e. The Morgan fingerprint density at radius 2 is 2.19 bits per heavy atom. The van der Waals surface area contributed by atoms with Gasteiger partial charge in [0.1, 0.15) is 6.10 Å². The Hall–Kier alpha value is -0.870. The minimum atomic E-state index is -0.166. The zero-order valence-electron chi connectivity index (χ0n) is 8.73. The third kappa shape index (κ3) is 1.66. The van der Waals surface area contributed by atoms with Gasteiger partial charge in [0, 0.05) is 24.0 Å². The van der Waals surface area contributed by atoms with E-state index in [1.807, 2.05) is 29.2 Å². The molecule has 3 heterocycles. The molecule has 84 valence electrons. The minimum Gasteiger partial charge on any atom is -0.363 e. The first-order valence-electron chi connectivity index (χ1n) is 5.41. The van der Waals surface area contributed by atoms with Crippen LogP contribution in [0.25, 0.3) is 0 Å². The van der Waals surface area contributed by atoms with Crippen molar-refractivity contribution < 1.29 is 9.53 Å². The summed E-state index contributed by atoms with van der Waals surface area (Å²) in [6, 6.07) is 8.01. The zero-order chi connectivity index (χ0) is 11.1. The zero-order valence-corrected chi connectivity index (χ0v) is 10.3. The Labute approximate surface area is 103 Å². The fourth-order valence-electron chi connectivity index (χ4n) is 2.25. The van der Waals surface area contributed by atoms with Gasteiger partial charge in [0.05, 0.1) is 6.10 Å². The lowest BCUT2D eigenvalue weighted by molar-refractivity contribution is -0.199. The standard InChI is InChI=1S/C12H12BrNO2/c13-10-4-2-1-3-8(10)6-14-7-9-5-11(16-9)12(14)15/h1-4,9,11H,5-7H2. The van der Waals surface area contributed by atoms with Crippen molar-refractivity contribution >= 4 is 21.8 Å². The predicted octanol–water partition coefficient (Wildman–Crippen LogP) is 1.95. The third-order valence-corrected chi connectivity index (χ3v) is 3.94. The molecule has 3 saturated heterocycles. The largest absolute Gasteiger partial charge is 0.363 e. The first-order chi connectivity index (χ1) is 7.74. The molecule has 3 aliphatic heterocycles. The summed E-state index contributed by atoms with van der Waals surface area (Å²) in [5.41, 5.74) is 1.15. The Bertz CT molecular complexity index is 429. The molecular weight excluding hydrogens is 270 g/mol. The van der Waals surface area contributed by atoms with E-state index in [0.717, 1.165) is 23.0 Å². The molecule has 3 fully saturated rings. The molecule has 1 amide bonds. The summed E-state index contributed by atoms with van der Waals surface area (Å²) in [4.78, 5) is 13.8. The second-order valence-corrected chi connectivity index (χ2v) is 5.15. The van der Waals surface area contributed by atoms with Crippen molar-refractivity contribution in [2.45, 2.75) is 25.2 Å². The normalized spacial score (nSPS) is 27.8. The molecule has 3 nitrogen and oxygen atoms in total. The number of morpholine rings is 1. The van der Waals surface area contributed by atoms with Crippen molar-refractivity contribution in [3.05, 3.63) is 34.3 Å². The van der Waals surface area contributed by atoms with Crippen LogP contribution in [0.2, 0.25) is 0 Å². The molecule has 0 aromatic heterocycles. The van der Waals surface area contributed by atoms with Gasteiger partial charge in [-0.1, -0.05) is 34.1 Å². The van der Waals surface area contributed by atoms with Crippen molar-refractivity contribution in [3.8, 4) is 0 Å². The van der Waals surface area contributed by atoms with E-state index in [2.05, 4.69) is 15.9 Å². The van der Waals surface area contributed by atoms with Crippen molar-refractivity contribution in [2.24, 2.45) is 0 Å². The number of nitrogens with zero attached hydrogens (tertiary/aromatic N) is 1. The van der Waals surface area contributed by atoms with Crippen molar-refractivity contribution in [3.63, 3.8) is 0 Å². The van der Waals surface area contributed by atoms with E-state index in [9.17, 15) is 4.79 Å². The van der Waals surface area contributed by atoms with Crippen LogP contribution in [0.4, 0.5) is 0 Å². The van der Waals surface area contributed by atoms with Crippen LogP contribution in [-0.2, 0) is 16.1 Å². The quantitative estimate of drug-likeness (QED) is 0.829. The molecule has 0 aliphatic carbocycles. The number of hydrogen-bond donors (Lipinski definition) is 0. The first-order valence-corrected chi connectivity index (χ1v) is 6.21. The van der Waals surface area contributed by atoms with E-state index in [4.69, 9.17) is 4.74 Å². The lowest BCUT2D eigenvalue weighted by Crippen LogP contribution is -2.60. The van der Waals surface area contributed by atoms with Crippen molar-refractivity contribution in [1.29, 1.82) is 0 Å². The second-order valence-electron chi connectivity index (χ2n) is 4.29. The fourth-order valence-corrected chi connectivity index (χ4v) is 2.66. The van der Waals surface area contributed by atoms with Gasteiger partial charge in [0.25, 0.3) is 5.91 Å². The Kier molecular flexibility index (Phi) is 2.48. The monoisotopic (exact) mass is 281 g/mol. The molecule has 2 unspecified atom stereocenters. The van der Waals surface area contributed by atoms with Crippen LogP contribution >= 0.6 is 15.9 Å². The lowest BCUT2D eigenvalue weighted by atomic mass is 9.97. The van der Waals surface area contributed by atoms with Crippen molar-refractivity contribution in [2.75, 3.05) is 6.54 Å². The summed E-state index contributed by atoms with van der Waals surface area (Å²) in [5.74, 6) is 0.137. The highest BCUT2D eigenvalue weighted by Gasteiger charge is 2.44. The number of fused-ring (bicyclic) bond motifs is 2. The molecule has 0 spiro atoms. The molecular formula is C12H12BrNO2. The number of amides is 1. The first kappa shape index (κ1) is 10.3. The van der Waals surface area contributed by atoms with E-state index in [-0.39, 0.29) is 18.1 Å². The molecule has 4 rings (SSSR count). The molecule has 0 N–H and O–H groups in total. The summed E-state index contributed by atoms with van der Waals surface area (Å²) < 4.78 is 6.44. The average molecular weight is 282 g/mol. The Balaban J connectivity index is 1.75. The lowest BCUT2D eigenvalue weighted by Gasteiger charge is -2.46. The van der Waals surface area contributed by atoms with E-state index >= 15 is 0 Å². The number of carbonyl (C=O) groups excluding carboxylic acids is 1. The van der Waals surface area contributed by atoms with Crippen LogP contribution in [0.3, 0.4) is 0 Å². The van der Waals surface area contributed by atoms with Gasteiger partial charge in [0.15, 0.2) is 0 Å². The van der Waals surface area contributed by atoms with Crippen LogP contribution in [0, 0.1) is 0 Å². The SMILES string of the molecule is O=C1C2CC(CN1Cc1ccccc1Br)O2. The summed E-state index contributed by atoms with van der Waals surface area (Å²) in [5, 5.41) is 0. The van der Waals surface area contributed by atoms with E-state index < -0.39 is 0 Å². The molecule has 16 heavy (non-hydrogen) atoms. The highest BCUT2D eigenvalue weighted by Crippen LogP contribution is 2.30. The van der Waals surface area contributed by atoms with Gasteiger partial charge in [-0.2, -0.15) is 0 Å². The number of halogens is 1. The van der Waals surface area contributed by atoms with E-state index in [0.29, 0.717) is 6.54 Å². The number of hydrogen-bond acceptors (Lipinski definition) is 2.